The number of hydrogen-bond donors (Lipinski definition) is 1. The number of benzene rings is 2. The highest BCUT2D eigenvalue weighted by Gasteiger charge is 2.17. The lowest BCUT2D eigenvalue weighted by molar-refractivity contribution is -0.121. The lowest BCUT2D eigenvalue weighted by Gasteiger charge is -2.31. The molecule has 1 saturated heterocycles. The van der Waals surface area contributed by atoms with Crippen molar-refractivity contribution in [3.05, 3.63) is 104 Å². The maximum atomic E-state index is 12.8. The largest absolute Gasteiger partial charge is 0.350 e. The van der Waals surface area contributed by atoms with Crippen LogP contribution in [0.15, 0.2) is 76.4 Å². The summed E-state index contributed by atoms with van der Waals surface area (Å²) < 4.78 is 2.43. The predicted molar refractivity (Wildman–Crippen MR) is 132 cm³/mol. The Labute approximate surface area is 199 Å². The van der Waals surface area contributed by atoms with Gasteiger partial charge in [-0.25, -0.2) is 4.79 Å². The van der Waals surface area contributed by atoms with Crippen LogP contribution in [0, 0.1) is 5.92 Å². The summed E-state index contributed by atoms with van der Waals surface area (Å²) in [5.74, 6) is 0.341. The average Bonchev–Trinajstić information content (AvgIpc) is 2.84. The second kappa shape index (κ2) is 11.1. The minimum Gasteiger partial charge on any atom is -0.350 e. The van der Waals surface area contributed by atoms with Gasteiger partial charge in [0.25, 0.3) is 5.56 Å². The molecule has 1 unspecified atom stereocenters. The minimum atomic E-state index is -0.494. The summed E-state index contributed by atoms with van der Waals surface area (Å²) in [4.78, 5) is 40.3. The lowest BCUT2D eigenvalue weighted by Crippen LogP contribution is -2.43. The molecular formula is C27H32N4O3. The topological polar surface area (TPSA) is 76.3 Å². The molecule has 0 spiro atoms. The van der Waals surface area contributed by atoms with Gasteiger partial charge in [-0.3, -0.25) is 23.6 Å². The maximum Gasteiger partial charge on any atom is 0.331 e. The number of piperidine rings is 1. The fourth-order valence-electron chi connectivity index (χ4n) is 4.55. The van der Waals surface area contributed by atoms with Crippen LogP contribution in [-0.2, 0) is 31.0 Å². The van der Waals surface area contributed by atoms with E-state index in [4.69, 9.17) is 0 Å². The third-order valence-electron chi connectivity index (χ3n) is 6.37. The van der Waals surface area contributed by atoms with Gasteiger partial charge in [-0.05, 0) is 42.0 Å². The monoisotopic (exact) mass is 460 g/mol. The molecule has 2 aromatic carbocycles. The van der Waals surface area contributed by atoms with Crippen molar-refractivity contribution >= 4 is 5.91 Å². The third kappa shape index (κ3) is 6.11. The van der Waals surface area contributed by atoms with Crippen LogP contribution in [0.1, 0.15) is 36.5 Å². The van der Waals surface area contributed by atoms with Crippen LogP contribution >= 0.6 is 0 Å². The minimum absolute atomic E-state index is 0.306. The first-order valence-corrected chi connectivity index (χ1v) is 11.9. The Morgan fingerprint density at radius 2 is 1.71 bits per heavy atom. The first-order valence-electron chi connectivity index (χ1n) is 11.9. The standard InChI is InChI=1S/C27H32N4O3/c1-21-8-7-14-29(17-21)19-24-12-6-5-11-23(24)16-28-25(32)20-31-26(33)13-15-30(27(31)34)18-22-9-3-2-4-10-22/h2-6,9-13,15,21H,7-8,14,16-20H2,1H3,(H,28,32). The molecule has 7 heteroatoms. The Bertz CT molecular complexity index is 1230. The molecule has 7 nitrogen and oxygen atoms in total. The zero-order valence-electron chi connectivity index (χ0n) is 19.7. The van der Waals surface area contributed by atoms with Crippen LogP contribution in [0.3, 0.4) is 0 Å². The Kier molecular flexibility index (Phi) is 7.75. The number of carbonyl (C=O) groups excluding carboxylic acids is 1. The van der Waals surface area contributed by atoms with Crippen molar-refractivity contribution in [1.82, 2.24) is 19.4 Å². The highest BCUT2D eigenvalue weighted by atomic mass is 16.2. The SMILES string of the molecule is CC1CCCN(Cc2ccccc2CNC(=O)Cn2c(=O)ccn(Cc3ccccc3)c2=O)C1. The summed E-state index contributed by atoms with van der Waals surface area (Å²) in [7, 11) is 0. The van der Waals surface area contributed by atoms with Gasteiger partial charge in [0.05, 0.1) is 6.54 Å². The summed E-state index contributed by atoms with van der Waals surface area (Å²) in [6, 6.07) is 19.0. The van der Waals surface area contributed by atoms with Crippen molar-refractivity contribution in [2.24, 2.45) is 5.92 Å². The highest BCUT2D eigenvalue weighted by molar-refractivity contribution is 5.75. The molecule has 1 aliphatic heterocycles. The van der Waals surface area contributed by atoms with Gasteiger partial charge >= 0.3 is 5.69 Å². The van der Waals surface area contributed by atoms with Gasteiger partial charge in [-0.2, -0.15) is 0 Å². The van der Waals surface area contributed by atoms with E-state index in [1.807, 2.05) is 48.5 Å². The molecule has 34 heavy (non-hydrogen) atoms. The molecule has 1 aliphatic rings. The number of hydrogen-bond acceptors (Lipinski definition) is 4. The van der Waals surface area contributed by atoms with E-state index in [0.717, 1.165) is 35.3 Å². The van der Waals surface area contributed by atoms with Gasteiger partial charge in [0, 0.05) is 31.9 Å². The molecule has 1 N–H and O–H groups in total. The molecule has 2 heterocycles. The van der Waals surface area contributed by atoms with E-state index in [1.54, 1.807) is 0 Å². The number of nitrogens with one attached hydrogen (secondary N) is 1. The Morgan fingerprint density at radius 1 is 0.971 bits per heavy atom. The van der Waals surface area contributed by atoms with Crippen LogP contribution in [0.4, 0.5) is 0 Å². The van der Waals surface area contributed by atoms with Crippen molar-refractivity contribution in [3.63, 3.8) is 0 Å². The van der Waals surface area contributed by atoms with Crippen LogP contribution in [-0.4, -0.2) is 33.0 Å². The molecule has 1 amide bonds. The van der Waals surface area contributed by atoms with Gasteiger partial charge in [0.2, 0.25) is 5.91 Å². The molecule has 1 atom stereocenters. The molecule has 1 aromatic heterocycles. The fraction of sp³-hybridized carbons (Fsp3) is 0.370. The van der Waals surface area contributed by atoms with Crippen LogP contribution in [0.2, 0.25) is 0 Å². The summed E-state index contributed by atoms with van der Waals surface area (Å²) in [6.45, 7) is 5.72. The van der Waals surface area contributed by atoms with Crippen LogP contribution < -0.4 is 16.6 Å². The smallest absolute Gasteiger partial charge is 0.331 e. The molecule has 1 fully saturated rings. The molecule has 178 valence electrons. The molecular weight excluding hydrogens is 428 g/mol. The molecule has 0 saturated carbocycles. The van der Waals surface area contributed by atoms with Gasteiger partial charge in [0.1, 0.15) is 6.54 Å². The van der Waals surface area contributed by atoms with Gasteiger partial charge in [-0.1, -0.05) is 61.5 Å². The number of carbonyl (C=O) groups is 1. The predicted octanol–water partition coefficient (Wildman–Crippen LogP) is 2.61. The lowest BCUT2D eigenvalue weighted by atomic mass is 9.99. The highest BCUT2D eigenvalue weighted by Crippen LogP contribution is 2.19. The van der Waals surface area contributed by atoms with E-state index < -0.39 is 11.2 Å². The number of nitrogens with zero attached hydrogens (tertiary/aromatic N) is 3. The van der Waals surface area contributed by atoms with E-state index in [1.165, 1.54) is 35.2 Å². The van der Waals surface area contributed by atoms with Gasteiger partial charge in [-0.15, -0.1) is 0 Å². The fourth-order valence-corrected chi connectivity index (χ4v) is 4.55. The van der Waals surface area contributed by atoms with E-state index in [2.05, 4.69) is 23.2 Å². The number of rotatable bonds is 8. The zero-order valence-corrected chi connectivity index (χ0v) is 19.7. The molecule has 3 aromatic rings. The van der Waals surface area contributed by atoms with Gasteiger partial charge in [0.15, 0.2) is 0 Å². The molecule has 0 radical (unpaired) electrons. The molecule has 0 bridgehead atoms. The quantitative estimate of drug-likeness (QED) is 0.561. The van der Waals surface area contributed by atoms with E-state index in [-0.39, 0.29) is 12.5 Å². The zero-order chi connectivity index (χ0) is 23.9. The Hall–Kier alpha value is -3.45. The number of likely N-dealkylation sites (tertiary alicyclic amines) is 1. The summed E-state index contributed by atoms with van der Waals surface area (Å²) >= 11 is 0. The first-order chi connectivity index (χ1) is 16.5. The van der Waals surface area contributed by atoms with Crippen LogP contribution in [0.25, 0.3) is 0 Å². The second-order valence-electron chi connectivity index (χ2n) is 9.16. The van der Waals surface area contributed by atoms with E-state index >= 15 is 0 Å². The third-order valence-corrected chi connectivity index (χ3v) is 6.37. The average molecular weight is 461 g/mol. The Balaban J connectivity index is 1.41. The number of amides is 1. The van der Waals surface area contributed by atoms with E-state index in [0.29, 0.717) is 19.0 Å². The van der Waals surface area contributed by atoms with Crippen molar-refractivity contribution in [2.45, 2.75) is 45.9 Å². The van der Waals surface area contributed by atoms with Gasteiger partial charge < -0.3 is 5.32 Å². The number of aromatic nitrogens is 2. The second-order valence-corrected chi connectivity index (χ2v) is 9.16. The normalized spacial score (nSPS) is 16.3. The van der Waals surface area contributed by atoms with Crippen molar-refractivity contribution in [3.8, 4) is 0 Å². The summed E-state index contributed by atoms with van der Waals surface area (Å²) in [5, 5.41) is 2.89. The summed E-state index contributed by atoms with van der Waals surface area (Å²) in [5.41, 5.74) is 2.21. The van der Waals surface area contributed by atoms with Crippen LogP contribution in [0.5, 0.6) is 0 Å². The molecule has 4 rings (SSSR count). The van der Waals surface area contributed by atoms with E-state index in [9.17, 15) is 14.4 Å². The summed E-state index contributed by atoms with van der Waals surface area (Å²) in [6.07, 6.45) is 3.97. The first kappa shape index (κ1) is 23.7. The van der Waals surface area contributed by atoms with Crippen molar-refractivity contribution in [2.75, 3.05) is 13.1 Å². The van der Waals surface area contributed by atoms with Crippen molar-refractivity contribution in [1.29, 1.82) is 0 Å². The maximum absolute atomic E-state index is 12.8. The molecule has 0 aliphatic carbocycles. The van der Waals surface area contributed by atoms with Crippen molar-refractivity contribution < 1.29 is 4.79 Å². The Morgan fingerprint density at radius 3 is 2.47 bits per heavy atom.